The van der Waals surface area contributed by atoms with Gasteiger partial charge in [0.15, 0.2) is 11.5 Å². The number of methoxy groups -OCH3 is 2. The Kier molecular flexibility index (Phi) is 9.86. The maximum absolute atomic E-state index is 5.71. The van der Waals surface area contributed by atoms with E-state index >= 15 is 0 Å². The van der Waals surface area contributed by atoms with Gasteiger partial charge in [0.05, 0.1) is 20.8 Å². The first-order valence-electron chi connectivity index (χ1n) is 9.61. The lowest BCUT2D eigenvalue weighted by molar-refractivity contribution is 0.253. The summed E-state index contributed by atoms with van der Waals surface area (Å²) in [6.07, 6.45) is 1.87. The number of halogens is 1. The van der Waals surface area contributed by atoms with Crippen molar-refractivity contribution < 1.29 is 14.2 Å². The molecule has 0 fully saturated rings. The van der Waals surface area contributed by atoms with Crippen LogP contribution in [0.1, 0.15) is 12.0 Å². The summed E-state index contributed by atoms with van der Waals surface area (Å²) in [4.78, 5) is 6.75. The number of nitrogens with zero attached hydrogens (tertiary/aromatic N) is 3. The number of hydrogen-bond donors (Lipinski definition) is 0. The van der Waals surface area contributed by atoms with E-state index in [-0.39, 0.29) is 12.4 Å². The number of ether oxygens (including phenoxy) is 3. The second kappa shape index (κ2) is 12.4. The van der Waals surface area contributed by atoms with Crippen molar-refractivity contribution in [2.45, 2.75) is 12.8 Å². The Hall–Kier alpha value is -2.35. The zero-order chi connectivity index (χ0) is 20.5. The summed E-state index contributed by atoms with van der Waals surface area (Å²) >= 11 is 1.36. The summed E-state index contributed by atoms with van der Waals surface area (Å²) in [5.41, 5.74) is 2.29. The van der Waals surface area contributed by atoms with Crippen LogP contribution in [0.3, 0.4) is 0 Å². The van der Waals surface area contributed by atoms with Gasteiger partial charge in [0.25, 0.3) is 0 Å². The van der Waals surface area contributed by atoms with E-state index in [0.717, 1.165) is 48.0 Å². The molecule has 0 bridgehead atoms. The van der Waals surface area contributed by atoms with Crippen LogP contribution in [0.2, 0.25) is 0 Å². The summed E-state index contributed by atoms with van der Waals surface area (Å²) in [6, 6.07) is 16.6. The highest BCUT2D eigenvalue weighted by molar-refractivity contribution is 7.09. The van der Waals surface area contributed by atoms with E-state index < -0.39 is 0 Å². The summed E-state index contributed by atoms with van der Waals surface area (Å²) in [5.74, 6) is 1.53. The molecule has 0 unspecified atom stereocenters. The minimum Gasteiger partial charge on any atom is -0.493 e. The standard InChI is InChI=1S/C22H27N3O3S.ClH/c1-25(14-12-17-10-11-19(26-2)20(16-17)27-3)13-7-15-28-22-23-21(29-24-22)18-8-5-4-6-9-18;/h4-6,8-11,16H,7,12-15H2,1-3H3;1H. The molecule has 30 heavy (non-hydrogen) atoms. The molecular formula is C22H28ClN3O3S. The molecule has 0 saturated carbocycles. The van der Waals surface area contributed by atoms with E-state index in [1.165, 1.54) is 17.1 Å². The van der Waals surface area contributed by atoms with Crippen molar-refractivity contribution in [3.63, 3.8) is 0 Å². The molecule has 0 saturated heterocycles. The van der Waals surface area contributed by atoms with Crippen LogP contribution in [0, 0.1) is 0 Å². The fourth-order valence-corrected chi connectivity index (χ4v) is 3.55. The fraction of sp³-hybridized carbons (Fsp3) is 0.364. The van der Waals surface area contributed by atoms with Crippen molar-refractivity contribution in [1.29, 1.82) is 0 Å². The molecule has 0 aliphatic heterocycles. The van der Waals surface area contributed by atoms with E-state index in [2.05, 4.69) is 27.4 Å². The molecule has 3 rings (SSSR count). The minimum absolute atomic E-state index is 0. The zero-order valence-electron chi connectivity index (χ0n) is 17.5. The van der Waals surface area contributed by atoms with Crippen molar-refractivity contribution >= 4 is 23.9 Å². The van der Waals surface area contributed by atoms with Gasteiger partial charge in [-0.15, -0.1) is 16.8 Å². The van der Waals surface area contributed by atoms with Crippen molar-refractivity contribution in [2.24, 2.45) is 0 Å². The van der Waals surface area contributed by atoms with Crippen molar-refractivity contribution in [3.05, 3.63) is 54.1 Å². The summed E-state index contributed by atoms with van der Waals surface area (Å²) in [6.45, 7) is 2.51. The van der Waals surface area contributed by atoms with Gasteiger partial charge in [-0.3, -0.25) is 0 Å². The van der Waals surface area contributed by atoms with Gasteiger partial charge in [-0.2, -0.15) is 4.98 Å². The number of rotatable bonds is 11. The molecule has 0 N–H and O–H groups in total. The lowest BCUT2D eigenvalue weighted by atomic mass is 10.1. The van der Waals surface area contributed by atoms with Crippen LogP contribution in [0.15, 0.2) is 48.5 Å². The second-order valence-corrected chi connectivity index (χ2v) is 7.44. The highest BCUT2D eigenvalue weighted by Crippen LogP contribution is 2.27. The molecule has 1 heterocycles. The quantitative estimate of drug-likeness (QED) is 0.399. The fourth-order valence-electron chi connectivity index (χ4n) is 2.93. The lowest BCUT2D eigenvalue weighted by Gasteiger charge is -2.17. The number of likely N-dealkylation sites (N-methyl/N-ethyl adjacent to an activating group) is 1. The predicted octanol–water partition coefficient (Wildman–Crippen LogP) is 4.59. The second-order valence-electron chi connectivity index (χ2n) is 6.69. The average molecular weight is 450 g/mol. The molecule has 0 atom stereocenters. The number of aromatic nitrogens is 2. The molecule has 3 aromatic rings. The van der Waals surface area contributed by atoms with Crippen LogP contribution < -0.4 is 14.2 Å². The molecule has 1 aromatic heterocycles. The summed E-state index contributed by atoms with van der Waals surface area (Å²) in [5, 5.41) is 0.882. The Bertz CT molecular complexity index is 892. The normalized spacial score (nSPS) is 10.5. The molecule has 0 radical (unpaired) electrons. The third-order valence-electron chi connectivity index (χ3n) is 4.57. The van der Waals surface area contributed by atoms with Crippen LogP contribution in [0.5, 0.6) is 17.5 Å². The maximum atomic E-state index is 5.71. The zero-order valence-corrected chi connectivity index (χ0v) is 19.2. The van der Waals surface area contributed by atoms with Gasteiger partial charge in [0, 0.05) is 18.7 Å². The van der Waals surface area contributed by atoms with Gasteiger partial charge < -0.3 is 19.1 Å². The Morgan fingerprint density at radius 1 is 0.967 bits per heavy atom. The molecule has 2 aromatic carbocycles. The Balaban J connectivity index is 0.00000320. The number of benzene rings is 2. The average Bonchev–Trinajstić information content (AvgIpc) is 3.24. The SMILES string of the molecule is COc1ccc(CCN(C)CCCOc2nsc(-c3ccccc3)n2)cc1OC.Cl. The molecule has 0 amide bonds. The highest BCUT2D eigenvalue weighted by Gasteiger charge is 2.08. The highest BCUT2D eigenvalue weighted by atomic mass is 35.5. The Morgan fingerprint density at radius 2 is 1.73 bits per heavy atom. The minimum atomic E-state index is 0. The van der Waals surface area contributed by atoms with E-state index in [1.807, 2.05) is 42.5 Å². The lowest BCUT2D eigenvalue weighted by Crippen LogP contribution is -2.23. The molecule has 162 valence electrons. The van der Waals surface area contributed by atoms with Gasteiger partial charge in [-0.25, -0.2) is 0 Å². The number of hydrogen-bond acceptors (Lipinski definition) is 7. The van der Waals surface area contributed by atoms with Crippen LogP contribution >= 0.6 is 23.9 Å². The van der Waals surface area contributed by atoms with Crippen molar-refractivity contribution in [1.82, 2.24) is 14.3 Å². The van der Waals surface area contributed by atoms with Crippen LogP contribution in [-0.4, -0.2) is 55.2 Å². The van der Waals surface area contributed by atoms with Gasteiger partial charge in [-0.1, -0.05) is 36.4 Å². The van der Waals surface area contributed by atoms with Gasteiger partial charge in [0.1, 0.15) is 5.01 Å². The Morgan fingerprint density at radius 3 is 2.47 bits per heavy atom. The van der Waals surface area contributed by atoms with Gasteiger partial charge >= 0.3 is 6.01 Å². The van der Waals surface area contributed by atoms with Gasteiger partial charge in [-0.05, 0) is 49.1 Å². The molecule has 6 nitrogen and oxygen atoms in total. The first-order chi connectivity index (χ1) is 14.2. The van der Waals surface area contributed by atoms with Crippen molar-refractivity contribution in [2.75, 3.05) is 41.0 Å². The molecule has 8 heteroatoms. The monoisotopic (exact) mass is 449 g/mol. The molecular weight excluding hydrogens is 422 g/mol. The van der Waals surface area contributed by atoms with E-state index in [9.17, 15) is 0 Å². The molecule has 0 aliphatic rings. The Labute approximate surface area is 188 Å². The van der Waals surface area contributed by atoms with E-state index in [0.29, 0.717) is 12.6 Å². The van der Waals surface area contributed by atoms with Crippen LogP contribution in [0.4, 0.5) is 0 Å². The summed E-state index contributed by atoms with van der Waals surface area (Å²) < 4.78 is 20.7. The van der Waals surface area contributed by atoms with Crippen LogP contribution in [-0.2, 0) is 6.42 Å². The van der Waals surface area contributed by atoms with E-state index in [1.54, 1.807) is 14.2 Å². The maximum Gasteiger partial charge on any atom is 0.328 e. The van der Waals surface area contributed by atoms with E-state index in [4.69, 9.17) is 14.2 Å². The third kappa shape index (κ3) is 6.86. The smallest absolute Gasteiger partial charge is 0.328 e. The van der Waals surface area contributed by atoms with Crippen molar-refractivity contribution in [3.8, 4) is 28.1 Å². The largest absolute Gasteiger partial charge is 0.493 e. The molecule has 0 aliphatic carbocycles. The molecule has 0 spiro atoms. The first-order valence-corrected chi connectivity index (χ1v) is 10.4. The van der Waals surface area contributed by atoms with Gasteiger partial charge in [0.2, 0.25) is 0 Å². The topological polar surface area (TPSA) is 56.7 Å². The summed E-state index contributed by atoms with van der Waals surface area (Å²) in [7, 11) is 5.43. The first kappa shape index (κ1) is 23.9. The third-order valence-corrected chi connectivity index (χ3v) is 5.32. The van der Waals surface area contributed by atoms with Crippen LogP contribution in [0.25, 0.3) is 10.6 Å². The predicted molar refractivity (Wildman–Crippen MR) is 123 cm³/mol.